The minimum atomic E-state index is -1.10. The van der Waals surface area contributed by atoms with Crippen LogP contribution in [0.1, 0.15) is 32.0 Å². The smallest absolute Gasteiger partial charge is 0.339 e. The van der Waals surface area contributed by atoms with Crippen LogP contribution >= 0.6 is 11.6 Å². The van der Waals surface area contributed by atoms with Gasteiger partial charge in [0, 0.05) is 11.9 Å². The number of carbonyl (C=O) groups excluding carboxylic acids is 1. The summed E-state index contributed by atoms with van der Waals surface area (Å²) >= 11 is 6.01. The van der Waals surface area contributed by atoms with Gasteiger partial charge in [-0.25, -0.2) is 4.79 Å². The fourth-order valence-electron chi connectivity index (χ4n) is 1.89. The summed E-state index contributed by atoms with van der Waals surface area (Å²) in [7, 11) is 0. The summed E-state index contributed by atoms with van der Waals surface area (Å²) in [5, 5.41) is 12.0. The Morgan fingerprint density at radius 1 is 1.30 bits per heavy atom. The average molecular weight is 293 g/mol. The van der Waals surface area contributed by atoms with Crippen molar-refractivity contribution in [2.45, 2.75) is 13.8 Å². The average Bonchev–Trinajstić information content (AvgIpc) is 2.70. The van der Waals surface area contributed by atoms with Crippen LogP contribution in [0.4, 0.5) is 5.69 Å². The Hall–Kier alpha value is -2.27. The first-order valence-corrected chi connectivity index (χ1v) is 6.26. The van der Waals surface area contributed by atoms with E-state index >= 15 is 0 Å². The molecular weight excluding hydrogens is 280 g/mol. The molecular formula is C14H13ClN2O3. The normalized spacial score (nSPS) is 10.3. The zero-order valence-electron chi connectivity index (χ0n) is 11.0. The van der Waals surface area contributed by atoms with Crippen molar-refractivity contribution < 1.29 is 14.7 Å². The molecule has 0 aliphatic heterocycles. The van der Waals surface area contributed by atoms with Crippen LogP contribution < -0.4 is 5.32 Å². The Balaban J connectivity index is 2.31. The maximum atomic E-state index is 12.1. The molecule has 0 atom stereocenters. The maximum absolute atomic E-state index is 12.1. The molecule has 0 bridgehead atoms. The van der Waals surface area contributed by atoms with E-state index in [1.54, 1.807) is 25.1 Å². The lowest BCUT2D eigenvalue weighted by atomic mass is 10.1. The summed E-state index contributed by atoms with van der Waals surface area (Å²) in [5.74, 6) is -1.55. The van der Waals surface area contributed by atoms with Gasteiger partial charge >= 0.3 is 5.97 Å². The summed E-state index contributed by atoms with van der Waals surface area (Å²) in [4.78, 5) is 26.0. The van der Waals surface area contributed by atoms with Crippen LogP contribution in [-0.2, 0) is 0 Å². The number of nitrogens with one attached hydrogen (secondary N) is 2. The van der Waals surface area contributed by atoms with Crippen molar-refractivity contribution in [2.75, 3.05) is 5.32 Å². The fraction of sp³-hybridized carbons (Fsp3) is 0.143. The van der Waals surface area contributed by atoms with Crippen LogP contribution in [0.2, 0.25) is 5.02 Å². The van der Waals surface area contributed by atoms with Crippen molar-refractivity contribution in [2.24, 2.45) is 0 Å². The van der Waals surface area contributed by atoms with Gasteiger partial charge in [0.25, 0.3) is 5.91 Å². The topological polar surface area (TPSA) is 82.2 Å². The fourth-order valence-corrected chi connectivity index (χ4v) is 2.22. The number of aromatic carboxylic acids is 1. The highest BCUT2D eigenvalue weighted by Crippen LogP contribution is 2.22. The molecule has 3 N–H and O–H groups in total. The van der Waals surface area contributed by atoms with E-state index in [-0.39, 0.29) is 11.3 Å². The molecule has 1 aromatic heterocycles. The monoisotopic (exact) mass is 292 g/mol. The van der Waals surface area contributed by atoms with Crippen molar-refractivity contribution in [3.63, 3.8) is 0 Å². The molecule has 104 valence electrons. The third kappa shape index (κ3) is 2.67. The number of hydrogen-bond acceptors (Lipinski definition) is 2. The van der Waals surface area contributed by atoms with Crippen LogP contribution in [0.5, 0.6) is 0 Å². The van der Waals surface area contributed by atoms with Crippen LogP contribution in [0.15, 0.2) is 24.4 Å². The Morgan fingerprint density at radius 3 is 2.60 bits per heavy atom. The van der Waals surface area contributed by atoms with E-state index in [0.717, 1.165) is 5.56 Å². The van der Waals surface area contributed by atoms with E-state index in [1.807, 2.05) is 6.92 Å². The number of H-pyrrole nitrogens is 1. The lowest BCUT2D eigenvalue weighted by molar-refractivity contribution is 0.0697. The van der Waals surface area contributed by atoms with E-state index in [0.29, 0.717) is 16.3 Å². The van der Waals surface area contributed by atoms with Gasteiger partial charge in [-0.3, -0.25) is 4.79 Å². The number of hydrogen-bond donors (Lipinski definition) is 3. The number of amides is 1. The van der Waals surface area contributed by atoms with Gasteiger partial charge in [0.05, 0.1) is 16.3 Å². The quantitative estimate of drug-likeness (QED) is 0.812. The van der Waals surface area contributed by atoms with E-state index < -0.39 is 11.9 Å². The molecule has 0 radical (unpaired) electrons. The van der Waals surface area contributed by atoms with E-state index in [1.165, 1.54) is 6.20 Å². The van der Waals surface area contributed by atoms with E-state index in [2.05, 4.69) is 10.3 Å². The number of carboxylic acid groups (broad SMARTS) is 1. The number of aromatic nitrogens is 1. The number of halogens is 1. The molecule has 0 saturated carbocycles. The standard InChI is InChI=1S/C14H13ClN2O3/c1-7-3-4-9(10(15)5-7)13(18)17-11-6-16-8(2)12(11)14(19)20/h3-6,16H,1-2H3,(H,17,18)(H,19,20). The molecule has 0 aliphatic carbocycles. The highest BCUT2D eigenvalue weighted by Gasteiger charge is 2.18. The minimum Gasteiger partial charge on any atom is -0.478 e. The van der Waals surface area contributed by atoms with E-state index in [9.17, 15) is 9.59 Å². The van der Waals surface area contributed by atoms with Crippen molar-refractivity contribution in [1.82, 2.24) is 4.98 Å². The van der Waals surface area contributed by atoms with Crippen LogP contribution in [0, 0.1) is 13.8 Å². The summed E-state index contributed by atoms with van der Waals surface area (Å²) in [6.45, 7) is 3.49. The molecule has 0 aliphatic rings. The van der Waals surface area contributed by atoms with Crippen LogP contribution in [0.3, 0.4) is 0 Å². The Labute approximate surface area is 120 Å². The highest BCUT2D eigenvalue weighted by molar-refractivity contribution is 6.34. The van der Waals surface area contributed by atoms with Crippen molar-refractivity contribution >= 4 is 29.2 Å². The van der Waals surface area contributed by atoms with Gasteiger partial charge in [-0.15, -0.1) is 0 Å². The second kappa shape index (κ2) is 5.38. The molecule has 0 unspecified atom stereocenters. The maximum Gasteiger partial charge on any atom is 0.339 e. The third-order valence-electron chi connectivity index (χ3n) is 2.91. The molecule has 6 heteroatoms. The molecule has 1 aromatic carbocycles. The second-order valence-corrected chi connectivity index (χ2v) is 4.85. The van der Waals surface area contributed by atoms with Gasteiger partial charge in [-0.2, -0.15) is 0 Å². The molecule has 2 rings (SSSR count). The number of aromatic amines is 1. The Bertz CT molecular complexity index is 692. The first-order chi connectivity index (χ1) is 9.40. The molecule has 0 fully saturated rings. The Morgan fingerprint density at radius 2 is 2.00 bits per heavy atom. The van der Waals surface area contributed by atoms with E-state index in [4.69, 9.17) is 16.7 Å². The Kier molecular flexibility index (Phi) is 3.81. The largest absolute Gasteiger partial charge is 0.478 e. The number of benzene rings is 1. The summed E-state index contributed by atoms with van der Waals surface area (Å²) in [5.41, 5.74) is 1.98. The number of carboxylic acids is 1. The summed E-state index contributed by atoms with van der Waals surface area (Å²) < 4.78 is 0. The predicted octanol–water partition coefficient (Wildman–Crippen LogP) is 3.24. The molecule has 1 amide bonds. The van der Waals surface area contributed by atoms with Crippen LogP contribution in [0.25, 0.3) is 0 Å². The van der Waals surface area contributed by atoms with Crippen molar-refractivity contribution in [3.8, 4) is 0 Å². The van der Waals surface area contributed by atoms with Gasteiger partial charge in [-0.05, 0) is 31.5 Å². The number of aryl methyl sites for hydroxylation is 2. The zero-order chi connectivity index (χ0) is 14.9. The van der Waals surface area contributed by atoms with Gasteiger partial charge < -0.3 is 15.4 Å². The summed E-state index contributed by atoms with van der Waals surface area (Å²) in [6, 6.07) is 5.05. The minimum absolute atomic E-state index is 0.0431. The number of rotatable bonds is 3. The number of carbonyl (C=O) groups is 2. The lowest BCUT2D eigenvalue weighted by Gasteiger charge is -2.07. The lowest BCUT2D eigenvalue weighted by Crippen LogP contribution is -2.14. The van der Waals surface area contributed by atoms with Gasteiger partial charge in [0.15, 0.2) is 0 Å². The first kappa shape index (κ1) is 14.1. The predicted molar refractivity (Wildman–Crippen MR) is 76.6 cm³/mol. The first-order valence-electron chi connectivity index (χ1n) is 5.89. The molecule has 5 nitrogen and oxygen atoms in total. The molecule has 2 aromatic rings. The molecule has 20 heavy (non-hydrogen) atoms. The second-order valence-electron chi connectivity index (χ2n) is 4.44. The molecule has 0 spiro atoms. The van der Waals surface area contributed by atoms with Crippen molar-refractivity contribution in [3.05, 3.63) is 51.8 Å². The summed E-state index contributed by atoms with van der Waals surface area (Å²) in [6.07, 6.45) is 1.44. The molecule has 1 heterocycles. The van der Waals surface area contributed by atoms with Gasteiger partial charge in [0.1, 0.15) is 5.56 Å². The third-order valence-corrected chi connectivity index (χ3v) is 3.22. The molecule has 0 saturated heterocycles. The SMILES string of the molecule is Cc1ccc(C(=O)Nc2c[nH]c(C)c2C(=O)O)c(Cl)c1. The highest BCUT2D eigenvalue weighted by atomic mass is 35.5. The van der Waals surface area contributed by atoms with Gasteiger partial charge in [-0.1, -0.05) is 17.7 Å². The zero-order valence-corrected chi connectivity index (χ0v) is 11.7. The van der Waals surface area contributed by atoms with Gasteiger partial charge in [0.2, 0.25) is 0 Å². The number of anilines is 1. The van der Waals surface area contributed by atoms with Crippen molar-refractivity contribution in [1.29, 1.82) is 0 Å². The van der Waals surface area contributed by atoms with Crippen LogP contribution in [-0.4, -0.2) is 22.0 Å².